The normalized spacial score (nSPS) is 19.8. The van der Waals surface area contributed by atoms with E-state index in [9.17, 15) is 8.78 Å². The van der Waals surface area contributed by atoms with Gasteiger partial charge in [0.2, 0.25) is 0 Å². The van der Waals surface area contributed by atoms with Crippen LogP contribution in [0.2, 0.25) is 0 Å². The molecule has 0 saturated carbocycles. The second-order valence-corrected chi connectivity index (χ2v) is 9.06. The van der Waals surface area contributed by atoms with Gasteiger partial charge in [0, 0.05) is 0 Å². The zero-order valence-electron chi connectivity index (χ0n) is 15.1. The van der Waals surface area contributed by atoms with Gasteiger partial charge in [-0.25, -0.2) is 8.78 Å². The Morgan fingerprint density at radius 3 is 1.35 bits per heavy atom. The van der Waals surface area contributed by atoms with Gasteiger partial charge in [0.15, 0.2) is 9.16 Å². The average molecular weight is 464 g/mol. The third-order valence-electron chi connectivity index (χ3n) is 4.08. The van der Waals surface area contributed by atoms with E-state index in [2.05, 4.69) is 45.7 Å². The molecule has 4 unspecified atom stereocenters. The molecular weight excluding hydrogens is 430 g/mol. The van der Waals surface area contributed by atoms with Crippen LogP contribution in [0.3, 0.4) is 0 Å². The fourth-order valence-electron chi connectivity index (χ4n) is 2.72. The van der Waals surface area contributed by atoms with Crippen molar-refractivity contribution in [2.24, 2.45) is 0 Å². The van der Waals surface area contributed by atoms with Crippen LogP contribution < -0.4 is 0 Å². The SMILES string of the molecule is CCCCC(OC(CCCC)C(F)(Br)CCC)C(F)(Br)CCC. The first-order valence-electron chi connectivity index (χ1n) is 9.16. The van der Waals surface area contributed by atoms with Crippen molar-refractivity contribution in [1.29, 1.82) is 0 Å². The number of rotatable bonds is 14. The summed E-state index contributed by atoms with van der Waals surface area (Å²) in [5.74, 6) is 0. The molecule has 0 aromatic carbocycles. The molecular formula is C18H34Br2F2O. The molecule has 0 aromatic rings. The molecule has 0 amide bonds. The third kappa shape index (κ3) is 9.15. The summed E-state index contributed by atoms with van der Waals surface area (Å²) in [5, 5.41) is 0. The van der Waals surface area contributed by atoms with Crippen molar-refractivity contribution < 1.29 is 13.5 Å². The molecule has 0 aliphatic carbocycles. The Morgan fingerprint density at radius 2 is 1.09 bits per heavy atom. The maximum absolute atomic E-state index is 15.0. The predicted molar refractivity (Wildman–Crippen MR) is 103 cm³/mol. The van der Waals surface area contributed by atoms with Crippen LogP contribution in [0, 0.1) is 0 Å². The number of hydrogen-bond acceptors (Lipinski definition) is 1. The van der Waals surface area contributed by atoms with Gasteiger partial charge in [0.25, 0.3) is 0 Å². The highest BCUT2D eigenvalue weighted by molar-refractivity contribution is 9.10. The highest BCUT2D eigenvalue weighted by Crippen LogP contribution is 2.40. The molecule has 140 valence electrons. The van der Waals surface area contributed by atoms with Crippen molar-refractivity contribution >= 4 is 31.9 Å². The van der Waals surface area contributed by atoms with Crippen molar-refractivity contribution in [1.82, 2.24) is 0 Å². The van der Waals surface area contributed by atoms with Crippen LogP contribution in [-0.4, -0.2) is 21.4 Å². The number of unbranched alkanes of at least 4 members (excludes halogenated alkanes) is 2. The van der Waals surface area contributed by atoms with E-state index in [1.807, 2.05) is 13.8 Å². The number of alkyl halides is 4. The van der Waals surface area contributed by atoms with E-state index >= 15 is 0 Å². The average Bonchev–Trinajstić information content (AvgIpc) is 2.45. The minimum Gasteiger partial charge on any atom is -0.366 e. The summed E-state index contributed by atoms with van der Waals surface area (Å²) in [6, 6.07) is 0. The molecule has 0 spiro atoms. The monoisotopic (exact) mass is 462 g/mol. The molecule has 0 N–H and O–H groups in total. The Kier molecular flexibility index (Phi) is 12.6. The van der Waals surface area contributed by atoms with Crippen LogP contribution in [0.15, 0.2) is 0 Å². The minimum atomic E-state index is -1.59. The Balaban J connectivity index is 5.15. The van der Waals surface area contributed by atoms with Crippen molar-refractivity contribution in [3.63, 3.8) is 0 Å². The van der Waals surface area contributed by atoms with E-state index in [-0.39, 0.29) is 0 Å². The molecule has 0 aliphatic heterocycles. The molecule has 0 aromatic heterocycles. The smallest absolute Gasteiger partial charge is 0.190 e. The number of ether oxygens (including phenoxy) is 1. The largest absolute Gasteiger partial charge is 0.366 e. The fraction of sp³-hybridized carbons (Fsp3) is 1.00. The van der Waals surface area contributed by atoms with E-state index in [1.165, 1.54) is 0 Å². The van der Waals surface area contributed by atoms with Crippen molar-refractivity contribution in [3.05, 3.63) is 0 Å². The van der Waals surface area contributed by atoms with Crippen LogP contribution >= 0.6 is 31.9 Å². The lowest BCUT2D eigenvalue weighted by Gasteiger charge is -2.36. The second-order valence-electron chi connectivity index (χ2n) is 6.42. The first kappa shape index (κ1) is 23.8. The Labute approximate surface area is 158 Å². The minimum absolute atomic E-state index is 0.372. The van der Waals surface area contributed by atoms with Gasteiger partial charge in [-0.05, 0) is 57.5 Å². The van der Waals surface area contributed by atoms with E-state index in [0.29, 0.717) is 25.7 Å². The summed E-state index contributed by atoms with van der Waals surface area (Å²) in [4.78, 5) is 0. The third-order valence-corrected chi connectivity index (χ3v) is 5.89. The van der Waals surface area contributed by atoms with Crippen LogP contribution in [0.4, 0.5) is 8.78 Å². The van der Waals surface area contributed by atoms with Gasteiger partial charge < -0.3 is 4.74 Å². The zero-order valence-corrected chi connectivity index (χ0v) is 18.3. The van der Waals surface area contributed by atoms with Crippen LogP contribution in [-0.2, 0) is 4.74 Å². The maximum atomic E-state index is 15.0. The molecule has 0 radical (unpaired) electrons. The van der Waals surface area contributed by atoms with Crippen molar-refractivity contribution in [2.75, 3.05) is 0 Å². The number of halogens is 4. The van der Waals surface area contributed by atoms with E-state index < -0.39 is 21.4 Å². The fourth-order valence-corrected chi connectivity index (χ4v) is 4.19. The van der Waals surface area contributed by atoms with E-state index in [1.54, 1.807) is 0 Å². The second kappa shape index (κ2) is 12.2. The Bertz CT molecular complexity index is 271. The van der Waals surface area contributed by atoms with Crippen LogP contribution in [0.5, 0.6) is 0 Å². The lowest BCUT2D eigenvalue weighted by atomic mass is 10.0. The summed E-state index contributed by atoms with van der Waals surface area (Å²) in [6.07, 6.45) is 5.86. The van der Waals surface area contributed by atoms with Gasteiger partial charge >= 0.3 is 0 Å². The quantitative estimate of drug-likeness (QED) is 0.238. The highest BCUT2D eigenvalue weighted by Gasteiger charge is 2.43. The van der Waals surface area contributed by atoms with Gasteiger partial charge in [0.1, 0.15) is 12.2 Å². The molecule has 0 aliphatic rings. The number of hydrogen-bond donors (Lipinski definition) is 0. The standard InChI is InChI=1S/C18H34Br2F2O/c1-5-9-11-15(17(19,21)13-7-3)23-16(12-10-6-2)18(20,22)14-8-4/h15-16H,5-14H2,1-4H3. The van der Waals surface area contributed by atoms with Gasteiger partial charge in [-0.3, -0.25) is 0 Å². The lowest BCUT2D eigenvalue weighted by molar-refractivity contribution is -0.106. The van der Waals surface area contributed by atoms with Crippen LogP contribution in [0.25, 0.3) is 0 Å². The Morgan fingerprint density at radius 1 is 0.739 bits per heavy atom. The first-order valence-corrected chi connectivity index (χ1v) is 10.7. The molecule has 5 heteroatoms. The summed E-state index contributed by atoms with van der Waals surface area (Å²) < 4.78 is 32.9. The molecule has 0 heterocycles. The van der Waals surface area contributed by atoms with Crippen molar-refractivity contribution in [3.8, 4) is 0 Å². The predicted octanol–water partition coefficient (Wildman–Crippen LogP) is 7.84. The van der Waals surface area contributed by atoms with Gasteiger partial charge in [-0.2, -0.15) is 0 Å². The summed E-state index contributed by atoms with van der Waals surface area (Å²) in [6.45, 7) is 8.03. The molecule has 23 heavy (non-hydrogen) atoms. The Hall–Kier alpha value is 0.780. The maximum Gasteiger partial charge on any atom is 0.190 e. The molecule has 0 rings (SSSR count). The molecule has 1 nitrogen and oxygen atoms in total. The van der Waals surface area contributed by atoms with E-state index in [4.69, 9.17) is 4.74 Å². The van der Waals surface area contributed by atoms with Gasteiger partial charge in [-0.15, -0.1) is 0 Å². The van der Waals surface area contributed by atoms with E-state index in [0.717, 1.165) is 38.5 Å². The molecule has 0 bridgehead atoms. The molecule has 4 atom stereocenters. The zero-order chi connectivity index (χ0) is 17.9. The summed E-state index contributed by atoms with van der Waals surface area (Å²) in [7, 11) is 0. The van der Waals surface area contributed by atoms with Gasteiger partial charge in [-0.1, -0.05) is 66.2 Å². The highest BCUT2D eigenvalue weighted by atomic mass is 79.9. The lowest BCUT2D eigenvalue weighted by Crippen LogP contribution is -2.43. The summed E-state index contributed by atoms with van der Waals surface area (Å²) in [5.41, 5.74) is 0. The van der Waals surface area contributed by atoms with Crippen molar-refractivity contribution in [2.45, 2.75) is 113 Å². The first-order chi connectivity index (χ1) is 10.7. The molecule has 0 saturated heterocycles. The van der Waals surface area contributed by atoms with Crippen LogP contribution in [0.1, 0.15) is 91.9 Å². The molecule has 0 fully saturated rings. The summed E-state index contributed by atoms with van der Waals surface area (Å²) >= 11 is 6.42. The topological polar surface area (TPSA) is 9.23 Å². The van der Waals surface area contributed by atoms with Gasteiger partial charge in [0.05, 0.1) is 0 Å².